The van der Waals surface area contributed by atoms with Gasteiger partial charge in [0.05, 0.1) is 11.1 Å². The molecule has 14 rings (SSSR count). The molecule has 0 saturated heterocycles. The van der Waals surface area contributed by atoms with Gasteiger partial charge in [0.25, 0.3) is 0 Å². The van der Waals surface area contributed by atoms with Gasteiger partial charge in [0.2, 0.25) is 0 Å². The summed E-state index contributed by atoms with van der Waals surface area (Å²) < 4.78 is 13.8. The van der Waals surface area contributed by atoms with Gasteiger partial charge in [-0.1, -0.05) is 182 Å². The van der Waals surface area contributed by atoms with Gasteiger partial charge in [-0.3, -0.25) is 4.99 Å². The van der Waals surface area contributed by atoms with E-state index in [1.165, 1.54) is 80.4 Å². The van der Waals surface area contributed by atoms with Crippen molar-refractivity contribution in [2.75, 3.05) is 13.6 Å². The van der Waals surface area contributed by atoms with Gasteiger partial charge < -0.3 is 20.9 Å². The summed E-state index contributed by atoms with van der Waals surface area (Å²) in [4.78, 5) is 4.86. The number of hydrogen-bond donors (Lipinski definition) is 2. The van der Waals surface area contributed by atoms with E-state index in [1.54, 1.807) is 11.1 Å². The zero-order chi connectivity index (χ0) is 47.2. The van der Waals surface area contributed by atoms with Crippen LogP contribution in [0.15, 0.2) is 239 Å². The molecule has 5 nitrogen and oxygen atoms in total. The van der Waals surface area contributed by atoms with Gasteiger partial charge in [-0.05, 0) is 154 Å². The van der Waals surface area contributed by atoms with Crippen molar-refractivity contribution in [1.29, 1.82) is 0 Å². The minimum Gasteiger partial charge on any atom is -0.478 e. The molecule has 4 N–H and O–H groups in total. The van der Waals surface area contributed by atoms with E-state index in [1.807, 2.05) is 0 Å². The standard InChI is InChI=1S/C38H31NO2.C26H23N.CH5N/c39-24-25-12-7-8-17-28(25)29-19-11-21-33-36(29)40-34-23-22-32-35(37(34)41-33)30-18-9-10-20-31(30)38(32,26-13-3-1-4-14-26)27-15-5-2-6-16-27;1-2-8-17(9-3-1)25-26(27-25)18-14-15-23-21-12-5-4-10-19(21)20-11-6-7-13-22(20)24(23)16-18;1-2/h1-11,13-23,25,33,36H,12,24,39H2;1-2,4-6,8,10-12,14,16,23,25H,3,7,9,13,15H2;2H2,1H3. The van der Waals surface area contributed by atoms with E-state index >= 15 is 0 Å². The van der Waals surface area contributed by atoms with E-state index < -0.39 is 5.41 Å². The van der Waals surface area contributed by atoms with E-state index in [0.717, 1.165) is 54.7 Å². The van der Waals surface area contributed by atoms with Crippen LogP contribution in [0.2, 0.25) is 0 Å². The van der Waals surface area contributed by atoms with Crippen LogP contribution in [-0.2, 0) is 5.41 Å². The first-order valence-electron chi connectivity index (χ1n) is 25.3. The Morgan fingerprint density at radius 1 is 0.657 bits per heavy atom. The molecule has 2 aliphatic heterocycles. The van der Waals surface area contributed by atoms with Crippen LogP contribution in [0.5, 0.6) is 11.5 Å². The fourth-order valence-corrected chi connectivity index (χ4v) is 12.5. The minimum absolute atomic E-state index is 0.220. The summed E-state index contributed by atoms with van der Waals surface area (Å²) in [6, 6.07) is 44.2. The lowest BCUT2D eigenvalue weighted by molar-refractivity contribution is 0.0695. The topological polar surface area (TPSA) is 82.9 Å². The molecule has 9 aliphatic rings. The predicted octanol–water partition coefficient (Wildman–Crippen LogP) is 13.3. The zero-order valence-electron chi connectivity index (χ0n) is 39.8. The molecule has 2 heterocycles. The Hall–Kier alpha value is -7.31. The highest BCUT2D eigenvalue weighted by Gasteiger charge is 2.49. The maximum Gasteiger partial charge on any atom is 0.170 e. The van der Waals surface area contributed by atoms with Gasteiger partial charge in [0.15, 0.2) is 23.7 Å². The lowest BCUT2D eigenvalue weighted by Crippen LogP contribution is -2.42. The summed E-state index contributed by atoms with van der Waals surface area (Å²) in [7, 11) is 1.50. The van der Waals surface area contributed by atoms with Crippen molar-refractivity contribution in [2.45, 2.75) is 68.1 Å². The van der Waals surface area contributed by atoms with Gasteiger partial charge in [-0.25, -0.2) is 0 Å². The summed E-state index contributed by atoms with van der Waals surface area (Å²) in [5.41, 5.74) is 31.6. The highest BCUT2D eigenvalue weighted by molar-refractivity contribution is 6.17. The quantitative estimate of drug-likeness (QED) is 0.174. The van der Waals surface area contributed by atoms with Gasteiger partial charge in [-0.2, -0.15) is 0 Å². The van der Waals surface area contributed by atoms with Gasteiger partial charge in [0, 0.05) is 11.5 Å². The van der Waals surface area contributed by atoms with E-state index in [0.29, 0.717) is 18.5 Å². The normalized spacial score (nSPS) is 24.1. The third-order valence-corrected chi connectivity index (χ3v) is 15.7. The highest BCUT2D eigenvalue weighted by Crippen LogP contribution is 2.61. The van der Waals surface area contributed by atoms with Crippen molar-refractivity contribution in [1.82, 2.24) is 0 Å². The summed E-state index contributed by atoms with van der Waals surface area (Å²) >= 11 is 0. The number of hydrogen-bond acceptors (Lipinski definition) is 5. The molecule has 0 aromatic heterocycles. The van der Waals surface area contributed by atoms with Crippen LogP contribution < -0.4 is 20.9 Å². The average Bonchev–Trinajstić information content (AvgIpc) is 4.20. The van der Waals surface area contributed by atoms with Gasteiger partial charge in [0.1, 0.15) is 6.04 Å². The molecule has 346 valence electrons. The van der Waals surface area contributed by atoms with Crippen molar-refractivity contribution in [2.24, 2.45) is 22.4 Å². The van der Waals surface area contributed by atoms with Crippen LogP contribution in [0.25, 0.3) is 16.7 Å². The van der Waals surface area contributed by atoms with E-state index in [2.05, 4.69) is 206 Å². The van der Waals surface area contributed by atoms with E-state index in [-0.39, 0.29) is 18.1 Å². The van der Waals surface area contributed by atoms with Crippen LogP contribution in [0.4, 0.5) is 0 Å². The molecule has 5 atom stereocenters. The Balaban J connectivity index is 0.000000150. The molecular weight excluding hydrogens is 855 g/mol. The van der Waals surface area contributed by atoms with E-state index in [4.69, 9.17) is 20.2 Å². The summed E-state index contributed by atoms with van der Waals surface area (Å²) in [6.45, 7) is 0.609. The fourth-order valence-electron chi connectivity index (χ4n) is 12.5. The van der Waals surface area contributed by atoms with Gasteiger partial charge >= 0.3 is 0 Å². The van der Waals surface area contributed by atoms with Crippen molar-refractivity contribution >= 4 is 11.3 Å². The van der Waals surface area contributed by atoms with Crippen LogP contribution in [0, 0.1) is 5.92 Å². The third kappa shape index (κ3) is 7.25. The number of benzene rings is 5. The molecule has 0 bridgehead atoms. The Morgan fingerprint density at radius 2 is 1.39 bits per heavy atom. The Morgan fingerprint density at radius 3 is 2.17 bits per heavy atom. The van der Waals surface area contributed by atoms with Crippen molar-refractivity contribution in [3.8, 4) is 22.6 Å². The number of fused-ring (bicyclic) bond motifs is 11. The first kappa shape index (κ1) is 43.9. The van der Waals surface area contributed by atoms with Crippen molar-refractivity contribution in [3.05, 3.63) is 267 Å². The fraction of sp³-hybridized carbons (Fsp3) is 0.215. The largest absolute Gasteiger partial charge is 0.478 e. The SMILES string of the molecule is C1=CCCC(C2N=C2C2=CCC3C(=C2)C2=C(C=CCC2)c2ccccc23)=C1.CN.NCC1CC=CC=C1C1=CC=CC2Oc3c(ccc4c3-c3ccccc3C4(c3ccccc3)c3ccccc3)OC12. The predicted molar refractivity (Wildman–Crippen MR) is 287 cm³/mol. The average molecular weight is 914 g/mol. The van der Waals surface area contributed by atoms with Crippen molar-refractivity contribution in [3.63, 3.8) is 0 Å². The molecule has 5 heteroatoms. The van der Waals surface area contributed by atoms with Crippen LogP contribution in [0.3, 0.4) is 0 Å². The Kier molecular flexibility index (Phi) is 11.6. The first-order valence-corrected chi connectivity index (χ1v) is 25.3. The monoisotopic (exact) mass is 913 g/mol. The maximum atomic E-state index is 6.96. The number of rotatable bonds is 6. The smallest absolute Gasteiger partial charge is 0.170 e. The molecule has 0 spiro atoms. The highest BCUT2D eigenvalue weighted by atomic mass is 16.6. The van der Waals surface area contributed by atoms with Crippen molar-refractivity contribution < 1.29 is 9.47 Å². The second-order valence-corrected chi connectivity index (χ2v) is 19.3. The second kappa shape index (κ2) is 18.5. The van der Waals surface area contributed by atoms with Crippen LogP contribution in [0.1, 0.15) is 77.8 Å². The number of aliphatic imine (C=N–C) groups is 1. The number of nitrogens with zero attached hydrogens (tertiary/aromatic N) is 1. The minimum atomic E-state index is -0.468. The summed E-state index contributed by atoms with van der Waals surface area (Å²) in [5.74, 6) is 2.41. The van der Waals surface area contributed by atoms with Gasteiger partial charge in [-0.15, -0.1) is 0 Å². The lowest BCUT2D eigenvalue weighted by atomic mass is 9.68. The molecule has 0 saturated carbocycles. The molecule has 70 heavy (non-hydrogen) atoms. The molecule has 0 amide bonds. The maximum absolute atomic E-state index is 6.96. The Bertz CT molecular complexity index is 3200. The molecule has 5 aromatic carbocycles. The first-order chi connectivity index (χ1) is 34.7. The molecule has 0 fully saturated rings. The number of ether oxygens (including phenoxy) is 2. The summed E-state index contributed by atoms with van der Waals surface area (Å²) in [6.07, 6.45) is 35.5. The number of allylic oxidation sites excluding steroid dienone is 15. The molecule has 5 unspecified atom stereocenters. The summed E-state index contributed by atoms with van der Waals surface area (Å²) in [5, 5.41) is 0. The lowest BCUT2D eigenvalue weighted by Gasteiger charge is -2.39. The van der Waals surface area contributed by atoms with Crippen LogP contribution >= 0.6 is 0 Å². The Labute approximate surface area is 412 Å². The number of nitrogens with two attached hydrogens (primary N) is 2. The van der Waals surface area contributed by atoms with Crippen LogP contribution in [-0.4, -0.2) is 37.6 Å². The molecule has 5 aromatic rings. The zero-order valence-corrected chi connectivity index (χ0v) is 39.8. The third-order valence-electron chi connectivity index (χ3n) is 15.7. The molecule has 7 aliphatic carbocycles. The van der Waals surface area contributed by atoms with E-state index in [9.17, 15) is 0 Å². The molecule has 0 radical (unpaired) electrons. The molecular formula is C65H59N3O2. The second-order valence-electron chi connectivity index (χ2n) is 19.3.